The molecule has 0 saturated heterocycles. The summed E-state index contributed by atoms with van der Waals surface area (Å²) in [5, 5.41) is 8.45. The van der Waals surface area contributed by atoms with Gasteiger partial charge < -0.3 is 9.47 Å². The third-order valence-electron chi connectivity index (χ3n) is 5.20. The Morgan fingerprint density at radius 2 is 2.03 bits per heavy atom. The number of esters is 1. The highest BCUT2D eigenvalue weighted by molar-refractivity contribution is 7.91. The fraction of sp³-hybridized carbons (Fsp3) is 0.217. The van der Waals surface area contributed by atoms with Crippen molar-refractivity contribution in [1.82, 2.24) is 24.7 Å². The molecule has 0 aliphatic heterocycles. The third-order valence-corrected chi connectivity index (χ3v) is 8.50. The molecule has 36 heavy (non-hydrogen) atoms. The molecular weight excluding hydrogens is 526 g/mol. The Labute approximate surface area is 216 Å². The lowest BCUT2D eigenvalue weighted by molar-refractivity contribution is -0.144. The lowest BCUT2D eigenvalue weighted by atomic mass is 10.1. The van der Waals surface area contributed by atoms with E-state index in [4.69, 9.17) is 21.1 Å². The van der Waals surface area contributed by atoms with Crippen LogP contribution in [0.2, 0.25) is 5.02 Å². The van der Waals surface area contributed by atoms with Gasteiger partial charge in [-0.3, -0.25) is 4.98 Å². The van der Waals surface area contributed by atoms with Gasteiger partial charge in [0.05, 0.1) is 48.2 Å². The van der Waals surface area contributed by atoms with Crippen molar-refractivity contribution in [2.75, 3.05) is 14.2 Å². The third kappa shape index (κ3) is 5.90. The maximum Gasteiger partial charge on any atom is 0.331 e. The molecule has 0 aliphatic rings. The summed E-state index contributed by atoms with van der Waals surface area (Å²) in [5.74, 6) is -0.0112. The Morgan fingerprint density at radius 3 is 2.72 bits per heavy atom. The average Bonchev–Trinajstić information content (AvgIpc) is 3.57. The second-order valence-corrected chi connectivity index (χ2v) is 11.0. The van der Waals surface area contributed by atoms with E-state index in [-0.39, 0.29) is 17.2 Å². The monoisotopic (exact) mass is 547 g/mol. The summed E-state index contributed by atoms with van der Waals surface area (Å²) in [4.78, 5) is 17.5. The van der Waals surface area contributed by atoms with Gasteiger partial charge in [-0.1, -0.05) is 28.9 Å². The van der Waals surface area contributed by atoms with Crippen molar-refractivity contribution in [1.29, 1.82) is 0 Å². The van der Waals surface area contributed by atoms with Crippen LogP contribution in [0, 0.1) is 0 Å². The number of methoxy groups -OCH3 is 2. The summed E-state index contributed by atoms with van der Waals surface area (Å²) in [6.45, 7) is -0.110. The number of thiophene rings is 1. The number of benzene rings is 1. The number of hydrogen-bond acceptors (Lipinski definition) is 9. The molecule has 10 nitrogen and oxygen atoms in total. The van der Waals surface area contributed by atoms with Crippen molar-refractivity contribution in [3.8, 4) is 16.3 Å². The zero-order valence-corrected chi connectivity index (χ0v) is 21.7. The van der Waals surface area contributed by atoms with Gasteiger partial charge in [0.25, 0.3) is 0 Å². The Balaban J connectivity index is 1.46. The highest BCUT2D eigenvalue weighted by atomic mass is 35.5. The average molecular weight is 548 g/mol. The number of hydrogen-bond donors (Lipinski definition) is 1. The highest BCUT2D eigenvalue weighted by Crippen LogP contribution is 2.29. The van der Waals surface area contributed by atoms with Crippen LogP contribution in [-0.4, -0.2) is 48.6 Å². The standard InChI is InChI=1S/C23H22ClN5O5S2/c1-33-20-7-6-15(11-17(20)24)12-19(23(30)34-2)29-14-16(27-28-29)13-26-36(31,32)22-9-8-21(35-22)18-5-3-4-10-25-18/h3-11,14,19,26H,12-13H2,1-2H3/t19-/m0/s1. The van der Waals surface area contributed by atoms with Crippen molar-refractivity contribution in [2.24, 2.45) is 0 Å². The number of nitrogens with one attached hydrogen (secondary N) is 1. The fourth-order valence-corrected chi connectivity index (χ4v) is 5.99. The quantitative estimate of drug-likeness (QED) is 0.299. The van der Waals surface area contributed by atoms with Crippen molar-refractivity contribution in [3.63, 3.8) is 0 Å². The van der Waals surface area contributed by atoms with Gasteiger partial charge in [0.2, 0.25) is 10.0 Å². The summed E-state index contributed by atoms with van der Waals surface area (Å²) in [6, 6.07) is 13.0. The van der Waals surface area contributed by atoms with Crippen LogP contribution in [0.5, 0.6) is 5.75 Å². The molecule has 1 N–H and O–H groups in total. The van der Waals surface area contributed by atoms with Gasteiger partial charge in [0, 0.05) is 12.6 Å². The number of nitrogens with zero attached hydrogens (tertiary/aromatic N) is 4. The molecule has 0 amide bonds. The van der Waals surface area contributed by atoms with Crippen LogP contribution < -0.4 is 9.46 Å². The van der Waals surface area contributed by atoms with Crippen LogP contribution in [0.4, 0.5) is 0 Å². The first-order valence-electron chi connectivity index (χ1n) is 10.6. The van der Waals surface area contributed by atoms with Gasteiger partial charge >= 0.3 is 5.97 Å². The molecule has 3 heterocycles. The first-order chi connectivity index (χ1) is 17.3. The van der Waals surface area contributed by atoms with Crippen LogP contribution in [0.3, 0.4) is 0 Å². The van der Waals surface area contributed by atoms with Crippen LogP contribution in [0.1, 0.15) is 17.3 Å². The molecule has 0 unspecified atom stereocenters. The van der Waals surface area contributed by atoms with Crippen LogP contribution >= 0.6 is 22.9 Å². The minimum atomic E-state index is -3.79. The second-order valence-electron chi connectivity index (χ2n) is 7.56. The summed E-state index contributed by atoms with van der Waals surface area (Å²) in [7, 11) is -0.997. The van der Waals surface area contributed by atoms with Crippen molar-refractivity contribution in [2.45, 2.75) is 23.2 Å². The molecule has 4 rings (SSSR count). The number of rotatable bonds is 10. The molecule has 0 aliphatic carbocycles. The molecule has 1 atom stereocenters. The molecule has 188 valence electrons. The van der Waals surface area contributed by atoms with Gasteiger partial charge in [-0.05, 0) is 42.0 Å². The maximum atomic E-state index is 12.8. The lowest BCUT2D eigenvalue weighted by Gasteiger charge is -2.15. The molecule has 1 aromatic carbocycles. The van der Waals surface area contributed by atoms with Crippen LogP contribution in [0.25, 0.3) is 10.6 Å². The smallest absolute Gasteiger partial charge is 0.331 e. The van der Waals surface area contributed by atoms with E-state index < -0.39 is 22.0 Å². The second kappa shape index (κ2) is 11.2. The Hall–Kier alpha value is -3.32. The summed E-state index contributed by atoms with van der Waals surface area (Å²) < 4.78 is 39.7. The summed E-state index contributed by atoms with van der Waals surface area (Å²) >= 11 is 7.32. The van der Waals surface area contributed by atoms with E-state index in [0.717, 1.165) is 21.8 Å². The van der Waals surface area contributed by atoms with Gasteiger partial charge in [-0.25, -0.2) is 22.6 Å². The predicted octanol–water partition coefficient (Wildman–Crippen LogP) is 3.50. The molecule has 4 aromatic rings. The predicted molar refractivity (Wildman–Crippen MR) is 134 cm³/mol. The minimum Gasteiger partial charge on any atom is -0.495 e. The van der Waals surface area contributed by atoms with E-state index in [2.05, 4.69) is 20.0 Å². The zero-order valence-electron chi connectivity index (χ0n) is 19.3. The number of carbonyl (C=O) groups excluding carboxylic acids is 1. The Bertz CT molecular complexity index is 1460. The normalized spacial score (nSPS) is 12.3. The van der Waals surface area contributed by atoms with Gasteiger partial charge in [-0.15, -0.1) is 16.4 Å². The topological polar surface area (TPSA) is 125 Å². The van der Waals surface area contributed by atoms with E-state index in [9.17, 15) is 13.2 Å². The Morgan fingerprint density at radius 1 is 1.19 bits per heavy atom. The molecule has 0 radical (unpaired) electrons. The maximum absolute atomic E-state index is 12.8. The number of pyridine rings is 1. The zero-order chi connectivity index (χ0) is 25.7. The van der Waals surface area contributed by atoms with E-state index >= 15 is 0 Å². The van der Waals surface area contributed by atoms with Crippen molar-refractivity contribution >= 4 is 38.9 Å². The molecule has 0 fully saturated rings. The fourth-order valence-electron chi connectivity index (χ4n) is 3.38. The van der Waals surface area contributed by atoms with Crippen LogP contribution in [0.15, 0.2) is 65.1 Å². The van der Waals surface area contributed by atoms with Crippen LogP contribution in [-0.2, 0) is 32.5 Å². The molecule has 3 aromatic heterocycles. The first kappa shape index (κ1) is 25.8. The van der Waals surface area contributed by atoms with E-state index in [0.29, 0.717) is 22.2 Å². The number of sulfonamides is 1. The molecule has 13 heteroatoms. The first-order valence-corrected chi connectivity index (χ1v) is 13.3. The summed E-state index contributed by atoms with van der Waals surface area (Å²) in [5.41, 5.74) is 1.79. The molecule has 0 saturated carbocycles. The van der Waals surface area contributed by atoms with Gasteiger partial charge in [0.1, 0.15) is 9.96 Å². The molecular formula is C23H22ClN5O5S2. The van der Waals surface area contributed by atoms with Crippen molar-refractivity contribution in [3.05, 3.63) is 77.2 Å². The minimum absolute atomic E-state index is 0.110. The number of halogens is 1. The van der Waals surface area contributed by atoms with Gasteiger partial charge in [0.15, 0.2) is 6.04 Å². The number of ether oxygens (including phenoxy) is 2. The molecule has 0 spiro atoms. The van der Waals surface area contributed by atoms with E-state index in [1.807, 2.05) is 12.1 Å². The number of aromatic nitrogens is 4. The highest BCUT2D eigenvalue weighted by Gasteiger charge is 2.25. The van der Waals surface area contributed by atoms with E-state index in [1.165, 1.54) is 31.2 Å². The van der Waals surface area contributed by atoms with Gasteiger partial charge in [-0.2, -0.15) is 0 Å². The Kier molecular flexibility index (Phi) is 7.99. The SMILES string of the molecule is COC(=O)[C@H](Cc1ccc(OC)c(Cl)c1)n1cc(CNS(=O)(=O)c2ccc(-c3ccccn3)s2)nn1. The molecule has 0 bridgehead atoms. The lowest BCUT2D eigenvalue weighted by Crippen LogP contribution is -2.24. The van der Waals surface area contributed by atoms with E-state index in [1.54, 1.807) is 36.5 Å². The summed E-state index contributed by atoms with van der Waals surface area (Å²) in [6.07, 6.45) is 3.38. The number of carbonyl (C=O) groups is 1. The van der Waals surface area contributed by atoms with Crippen molar-refractivity contribution < 1.29 is 22.7 Å². The largest absolute Gasteiger partial charge is 0.495 e.